The highest BCUT2D eigenvalue weighted by Gasteiger charge is 2.21. The summed E-state index contributed by atoms with van der Waals surface area (Å²) in [6.45, 7) is 1.80. The van der Waals surface area contributed by atoms with Crippen LogP contribution >= 0.6 is 0 Å². The lowest BCUT2D eigenvalue weighted by molar-refractivity contribution is 0.0997. The van der Waals surface area contributed by atoms with E-state index < -0.39 is 11.8 Å². The Bertz CT molecular complexity index is 2590. The second kappa shape index (κ2) is 16.0. The predicted octanol–water partition coefficient (Wildman–Crippen LogP) is 6.98. The van der Waals surface area contributed by atoms with Crippen molar-refractivity contribution in [1.82, 2.24) is 19.7 Å². The molecule has 0 aliphatic carbocycles. The summed E-state index contributed by atoms with van der Waals surface area (Å²) < 4.78 is 32.4. The van der Waals surface area contributed by atoms with E-state index in [2.05, 4.69) is 43.8 Å². The summed E-state index contributed by atoms with van der Waals surface area (Å²) in [6.07, 6.45) is 5.39. The van der Waals surface area contributed by atoms with Crippen molar-refractivity contribution in [2.75, 3.05) is 31.4 Å². The molecule has 7 aromatic rings. The van der Waals surface area contributed by atoms with Gasteiger partial charge >= 0.3 is 0 Å². The Hall–Kier alpha value is -6.86. The fraction of sp³-hybridized carbons (Fsp3) is 0.167. The van der Waals surface area contributed by atoms with Crippen molar-refractivity contribution in [1.29, 1.82) is 0 Å². The lowest BCUT2D eigenvalue weighted by Crippen LogP contribution is -2.25. The predicted molar refractivity (Wildman–Crippen MR) is 207 cm³/mol. The number of methoxy groups -OCH3 is 2. The Morgan fingerprint density at radius 2 is 1.56 bits per heavy atom. The fourth-order valence-corrected chi connectivity index (χ4v) is 6.39. The zero-order valence-corrected chi connectivity index (χ0v) is 30.3. The number of carbonyl (C=O) groups is 2. The summed E-state index contributed by atoms with van der Waals surface area (Å²) in [5.41, 5.74) is 4.55. The number of para-hydroxylation sites is 1. The van der Waals surface area contributed by atoms with E-state index in [1.807, 2.05) is 30.1 Å². The van der Waals surface area contributed by atoms with Crippen LogP contribution in [-0.2, 0) is 26.6 Å². The van der Waals surface area contributed by atoms with Crippen molar-refractivity contribution in [2.45, 2.75) is 19.5 Å². The number of ether oxygens (including phenoxy) is 2. The van der Waals surface area contributed by atoms with E-state index >= 15 is 0 Å². The third-order valence-corrected chi connectivity index (χ3v) is 9.19. The van der Waals surface area contributed by atoms with Gasteiger partial charge in [0.2, 0.25) is 0 Å². The number of anilines is 2. The van der Waals surface area contributed by atoms with Crippen LogP contribution in [0.5, 0.6) is 11.5 Å². The monoisotopic (exact) mass is 740 g/mol. The minimum Gasteiger partial charge on any atom is -0.493 e. The smallest absolute Gasteiger partial charge is 0.291 e. The molecule has 0 saturated heterocycles. The van der Waals surface area contributed by atoms with Gasteiger partial charge in [-0.3, -0.25) is 28.9 Å². The molecule has 2 amide bonds. The number of nitrogens with one attached hydrogen (secondary N) is 2. The molecule has 13 heteroatoms. The molecular formula is C42H37FN6O6. The van der Waals surface area contributed by atoms with Gasteiger partial charge in [0.05, 0.1) is 48.8 Å². The van der Waals surface area contributed by atoms with Crippen molar-refractivity contribution >= 4 is 45.1 Å². The zero-order valence-electron chi connectivity index (χ0n) is 30.3. The van der Waals surface area contributed by atoms with Gasteiger partial charge in [-0.2, -0.15) is 5.10 Å². The standard InChI is InChI=1S/C42H37FN6O6/c1-48-35-13-10-27(16-29(35)22-45-48)24-49(25-28-17-30(43)23-44-21-28)15-14-26-8-11-31(12-9-26)46-41(51)33-18-38(53-2)39(54-3)19-34(33)47-42(52)40-20-36(50)32-6-4-5-7-37(32)55-40/h4-13,16-23H,14-15,24-25H2,1-3H3,(H,46,51)(H,47,52). The van der Waals surface area contributed by atoms with Gasteiger partial charge in [0.1, 0.15) is 11.4 Å². The molecule has 2 N–H and O–H groups in total. The van der Waals surface area contributed by atoms with E-state index in [1.165, 1.54) is 38.6 Å². The number of amides is 2. The molecule has 0 aliphatic rings. The van der Waals surface area contributed by atoms with Crippen LogP contribution < -0.4 is 25.5 Å². The first-order valence-electron chi connectivity index (χ1n) is 17.4. The molecule has 55 heavy (non-hydrogen) atoms. The van der Waals surface area contributed by atoms with Gasteiger partial charge in [0, 0.05) is 56.1 Å². The maximum absolute atomic E-state index is 14.0. The van der Waals surface area contributed by atoms with Crippen LogP contribution in [0, 0.1) is 5.82 Å². The lowest BCUT2D eigenvalue weighted by atomic mass is 10.1. The molecule has 4 aromatic carbocycles. The first kappa shape index (κ1) is 36.5. The molecule has 7 rings (SSSR count). The average molecular weight is 741 g/mol. The molecule has 3 aromatic heterocycles. The van der Waals surface area contributed by atoms with Crippen LogP contribution in [0.2, 0.25) is 0 Å². The van der Waals surface area contributed by atoms with E-state index in [4.69, 9.17) is 13.9 Å². The van der Waals surface area contributed by atoms with Crippen LogP contribution in [0.15, 0.2) is 119 Å². The molecule has 0 bridgehead atoms. The van der Waals surface area contributed by atoms with Gasteiger partial charge < -0.3 is 24.5 Å². The van der Waals surface area contributed by atoms with Crippen molar-refractivity contribution in [3.63, 3.8) is 0 Å². The zero-order chi connectivity index (χ0) is 38.5. The molecule has 278 valence electrons. The number of hydrogen-bond donors (Lipinski definition) is 2. The summed E-state index contributed by atoms with van der Waals surface area (Å²) >= 11 is 0. The Morgan fingerprint density at radius 3 is 2.35 bits per heavy atom. The maximum Gasteiger partial charge on any atom is 0.291 e. The first-order valence-corrected chi connectivity index (χ1v) is 17.4. The van der Waals surface area contributed by atoms with Crippen molar-refractivity contribution < 1.29 is 27.9 Å². The van der Waals surface area contributed by atoms with Gasteiger partial charge in [0.15, 0.2) is 22.7 Å². The third-order valence-electron chi connectivity index (χ3n) is 9.19. The van der Waals surface area contributed by atoms with Gasteiger partial charge in [0.25, 0.3) is 11.8 Å². The number of carbonyl (C=O) groups excluding carboxylic acids is 2. The highest BCUT2D eigenvalue weighted by molar-refractivity contribution is 6.12. The molecule has 0 radical (unpaired) electrons. The summed E-state index contributed by atoms with van der Waals surface area (Å²) in [6, 6.07) is 25.8. The summed E-state index contributed by atoms with van der Waals surface area (Å²) in [5, 5.41) is 11.3. The Balaban J connectivity index is 1.06. The number of halogens is 1. The molecule has 0 spiro atoms. The summed E-state index contributed by atoms with van der Waals surface area (Å²) in [4.78, 5) is 46.0. The SMILES string of the molecule is COc1cc(NC(=O)c2cc(=O)c3ccccc3o2)c(C(=O)Nc2ccc(CCN(Cc3cncc(F)c3)Cc3ccc4c(cnn4C)c3)cc2)cc1OC. The Labute approximate surface area is 315 Å². The number of aryl methyl sites for hydroxylation is 1. The summed E-state index contributed by atoms with van der Waals surface area (Å²) in [7, 11) is 4.79. The van der Waals surface area contributed by atoms with Crippen LogP contribution in [-0.4, -0.2) is 52.2 Å². The minimum atomic E-state index is -0.728. The number of rotatable bonds is 13. The van der Waals surface area contributed by atoms with Crippen LogP contribution in [0.4, 0.5) is 15.8 Å². The molecule has 0 fully saturated rings. The highest BCUT2D eigenvalue weighted by atomic mass is 19.1. The van der Waals surface area contributed by atoms with Crippen molar-refractivity contribution in [3.8, 4) is 11.5 Å². The highest BCUT2D eigenvalue weighted by Crippen LogP contribution is 2.34. The molecule has 12 nitrogen and oxygen atoms in total. The number of hydrogen-bond acceptors (Lipinski definition) is 9. The largest absolute Gasteiger partial charge is 0.493 e. The van der Waals surface area contributed by atoms with E-state index in [1.54, 1.807) is 42.6 Å². The average Bonchev–Trinajstić information content (AvgIpc) is 3.56. The Morgan fingerprint density at radius 1 is 0.818 bits per heavy atom. The van der Waals surface area contributed by atoms with Gasteiger partial charge in [-0.15, -0.1) is 0 Å². The maximum atomic E-state index is 14.0. The second-order valence-electron chi connectivity index (χ2n) is 13.0. The van der Waals surface area contributed by atoms with E-state index in [9.17, 15) is 18.8 Å². The van der Waals surface area contributed by atoms with Crippen LogP contribution in [0.3, 0.4) is 0 Å². The molecule has 0 aliphatic heterocycles. The van der Waals surface area contributed by atoms with Crippen molar-refractivity contribution in [2.24, 2.45) is 7.05 Å². The Kier molecular flexibility index (Phi) is 10.6. The third kappa shape index (κ3) is 8.37. The minimum absolute atomic E-state index is 0.0881. The lowest BCUT2D eigenvalue weighted by Gasteiger charge is -2.23. The number of aromatic nitrogens is 3. The number of nitrogens with zero attached hydrogens (tertiary/aromatic N) is 4. The first-order chi connectivity index (χ1) is 26.7. The quantitative estimate of drug-likeness (QED) is 0.128. The van der Waals surface area contributed by atoms with Gasteiger partial charge in [-0.25, -0.2) is 4.39 Å². The van der Waals surface area contributed by atoms with Crippen LogP contribution in [0.1, 0.15) is 37.6 Å². The van der Waals surface area contributed by atoms with Crippen molar-refractivity contribution in [3.05, 3.63) is 154 Å². The van der Waals surface area contributed by atoms with Gasteiger partial charge in [-0.05, 0) is 71.6 Å². The molecule has 0 unspecified atom stereocenters. The van der Waals surface area contributed by atoms with E-state index in [-0.39, 0.29) is 45.3 Å². The normalized spacial score (nSPS) is 11.2. The number of pyridine rings is 1. The second-order valence-corrected chi connectivity index (χ2v) is 13.0. The van der Waals surface area contributed by atoms with E-state index in [0.29, 0.717) is 37.1 Å². The summed E-state index contributed by atoms with van der Waals surface area (Å²) in [5.74, 6) is -1.30. The van der Waals surface area contributed by atoms with E-state index in [0.717, 1.165) is 33.7 Å². The molecule has 0 atom stereocenters. The van der Waals surface area contributed by atoms with Gasteiger partial charge in [-0.1, -0.05) is 30.3 Å². The topological polar surface area (TPSA) is 141 Å². The fourth-order valence-electron chi connectivity index (χ4n) is 6.39. The number of benzene rings is 4. The molecular weight excluding hydrogens is 703 g/mol. The molecule has 3 heterocycles. The number of fused-ring (bicyclic) bond motifs is 2. The van der Waals surface area contributed by atoms with Crippen LogP contribution in [0.25, 0.3) is 21.9 Å². The molecule has 0 saturated carbocycles.